The Bertz CT molecular complexity index is 523. The van der Waals surface area contributed by atoms with Crippen molar-refractivity contribution in [1.29, 1.82) is 0 Å². The fourth-order valence-corrected chi connectivity index (χ4v) is 2.62. The van der Waals surface area contributed by atoms with E-state index in [0.29, 0.717) is 0 Å². The molecule has 2 N–H and O–H groups in total. The van der Waals surface area contributed by atoms with Crippen molar-refractivity contribution in [2.24, 2.45) is 5.73 Å². The lowest BCUT2D eigenvalue weighted by Gasteiger charge is -2.21. The predicted molar refractivity (Wildman–Crippen MR) is 81.2 cm³/mol. The molecule has 2 aromatic carbocycles. The van der Waals surface area contributed by atoms with Crippen molar-refractivity contribution >= 4 is 27.3 Å². The molecule has 0 unspecified atom stereocenters. The molecule has 18 heavy (non-hydrogen) atoms. The maximum absolute atomic E-state index is 5.91. The van der Waals surface area contributed by atoms with Gasteiger partial charge in [0.15, 0.2) is 0 Å². The molecule has 0 radical (unpaired) electrons. The first-order valence-electron chi connectivity index (χ1n) is 5.93. The van der Waals surface area contributed by atoms with E-state index in [-0.39, 0.29) is 6.04 Å². The molecule has 2 nitrogen and oxygen atoms in total. The molecule has 0 spiro atoms. The van der Waals surface area contributed by atoms with Crippen molar-refractivity contribution in [3.8, 4) is 0 Å². The van der Waals surface area contributed by atoms with Crippen LogP contribution < -0.4 is 10.6 Å². The van der Waals surface area contributed by atoms with Crippen LogP contribution in [0.1, 0.15) is 18.5 Å². The number of para-hydroxylation sites is 1. The molecule has 0 saturated carbocycles. The Morgan fingerprint density at radius 2 is 1.72 bits per heavy atom. The highest BCUT2D eigenvalue weighted by Crippen LogP contribution is 2.30. The minimum absolute atomic E-state index is 0.0375. The quantitative estimate of drug-likeness (QED) is 0.919. The average molecular weight is 305 g/mol. The summed E-state index contributed by atoms with van der Waals surface area (Å²) in [4.78, 5) is 2.15. The average Bonchev–Trinajstić information content (AvgIpc) is 2.38. The van der Waals surface area contributed by atoms with E-state index >= 15 is 0 Å². The molecule has 0 heterocycles. The second-order valence-electron chi connectivity index (χ2n) is 4.39. The van der Waals surface area contributed by atoms with E-state index in [2.05, 4.69) is 58.2 Å². The van der Waals surface area contributed by atoms with Crippen LogP contribution in [0.2, 0.25) is 0 Å². The number of anilines is 2. The molecule has 1 atom stereocenters. The minimum atomic E-state index is 0.0375. The second-order valence-corrected chi connectivity index (χ2v) is 5.24. The zero-order valence-electron chi connectivity index (χ0n) is 10.6. The Kier molecular flexibility index (Phi) is 4.04. The monoisotopic (exact) mass is 304 g/mol. The number of nitrogens with zero attached hydrogens (tertiary/aromatic N) is 1. The third-order valence-electron chi connectivity index (χ3n) is 3.01. The minimum Gasteiger partial charge on any atom is -0.345 e. The van der Waals surface area contributed by atoms with Crippen molar-refractivity contribution in [1.82, 2.24) is 0 Å². The van der Waals surface area contributed by atoms with Gasteiger partial charge in [-0.2, -0.15) is 0 Å². The standard InChI is InChI=1S/C15H17BrN2/c1-11(17)14-9-8-13(10-15(14)16)18(2)12-6-4-3-5-7-12/h3-11H,17H2,1-2H3/t11-/m1/s1. The summed E-state index contributed by atoms with van der Waals surface area (Å²) in [6.45, 7) is 1.99. The molecule has 0 fully saturated rings. The third-order valence-corrected chi connectivity index (χ3v) is 3.69. The summed E-state index contributed by atoms with van der Waals surface area (Å²) in [6.07, 6.45) is 0. The van der Waals surface area contributed by atoms with E-state index in [0.717, 1.165) is 21.4 Å². The van der Waals surface area contributed by atoms with Crippen LogP contribution in [0, 0.1) is 0 Å². The van der Waals surface area contributed by atoms with Crippen molar-refractivity contribution in [3.05, 3.63) is 58.6 Å². The van der Waals surface area contributed by atoms with Gasteiger partial charge >= 0.3 is 0 Å². The van der Waals surface area contributed by atoms with Crippen LogP contribution >= 0.6 is 15.9 Å². The van der Waals surface area contributed by atoms with Crippen LogP contribution in [0.4, 0.5) is 11.4 Å². The predicted octanol–water partition coefficient (Wildman–Crippen LogP) is 4.24. The molecule has 0 aliphatic carbocycles. The van der Waals surface area contributed by atoms with Crippen molar-refractivity contribution in [2.75, 3.05) is 11.9 Å². The number of halogens is 1. The number of nitrogens with two attached hydrogens (primary N) is 1. The Balaban J connectivity index is 2.32. The van der Waals surface area contributed by atoms with Gasteiger partial charge in [-0.25, -0.2) is 0 Å². The molecule has 0 aliphatic heterocycles. The zero-order valence-corrected chi connectivity index (χ0v) is 12.2. The van der Waals surface area contributed by atoms with Gasteiger partial charge < -0.3 is 10.6 Å². The van der Waals surface area contributed by atoms with Crippen LogP contribution in [-0.2, 0) is 0 Å². The molecule has 3 heteroatoms. The maximum Gasteiger partial charge on any atom is 0.0419 e. The smallest absolute Gasteiger partial charge is 0.0419 e. The number of hydrogen-bond acceptors (Lipinski definition) is 2. The van der Waals surface area contributed by atoms with Gasteiger partial charge in [-0.15, -0.1) is 0 Å². The van der Waals surface area contributed by atoms with Gasteiger partial charge in [0.25, 0.3) is 0 Å². The second kappa shape index (κ2) is 5.55. The molecule has 94 valence electrons. The highest BCUT2D eigenvalue weighted by Gasteiger charge is 2.08. The lowest BCUT2D eigenvalue weighted by Crippen LogP contribution is -2.11. The Morgan fingerprint density at radius 1 is 1.06 bits per heavy atom. The Hall–Kier alpha value is -1.32. The zero-order chi connectivity index (χ0) is 13.1. The first kappa shape index (κ1) is 13.1. The van der Waals surface area contributed by atoms with Gasteiger partial charge in [0.1, 0.15) is 0 Å². The van der Waals surface area contributed by atoms with Gasteiger partial charge in [0.2, 0.25) is 0 Å². The fraction of sp³-hybridized carbons (Fsp3) is 0.200. The highest BCUT2D eigenvalue weighted by molar-refractivity contribution is 9.10. The molecular weight excluding hydrogens is 288 g/mol. The molecule has 0 bridgehead atoms. The maximum atomic E-state index is 5.91. The first-order valence-corrected chi connectivity index (χ1v) is 6.72. The van der Waals surface area contributed by atoms with Crippen LogP contribution in [0.15, 0.2) is 53.0 Å². The van der Waals surface area contributed by atoms with Gasteiger partial charge in [0, 0.05) is 28.9 Å². The summed E-state index contributed by atoms with van der Waals surface area (Å²) in [7, 11) is 2.06. The van der Waals surface area contributed by atoms with Crippen molar-refractivity contribution < 1.29 is 0 Å². The summed E-state index contributed by atoms with van der Waals surface area (Å²) in [5.74, 6) is 0. The van der Waals surface area contributed by atoms with E-state index in [1.54, 1.807) is 0 Å². The Morgan fingerprint density at radius 3 is 2.28 bits per heavy atom. The van der Waals surface area contributed by atoms with E-state index in [1.807, 2.05) is 25.1 Å². The molecule has 2 rings (SSSR count). The topological polar surface area (TPSA) is 29.3 Å². The molecule has 0 saturated heterocycles. The van der Waals surface area contributed by atoms with Gasteiger partial charge in [-0.05, 0) is 36.8 Å². The fourth-order valence-electron chi connectivity index (χ4n) is 1.89. The summed E-state index contributed by atoms with van der Waals surface area (Å²) in [5.41, 5.74) is 9.33. The van der Waals surface area contributed by atoms with Crippen LogP contribution in [0.3, 0.4) is 0 Å². The van der Waals surface area contributed by atoms with E-state index < -0.39 is 0 Å². The van der Waals surface area contributed by atoms with Crippen LogP contribution in [0.25, 0.3) is 0 Å². The number of benzene rings is 2. The lowest BCUT2D eigenvalue weighted by molar-refractivity contribution is 0.813. The van der Waals surface area contributed by atoms with Gasteiger partial charge in [0.05, 0.1) is 0 Å². The van der Waals surface area contributed by atoms with Crippen LogP contribution in [-0.4, -0.2) is 7.05 Å². The highest BCUT2D eigenvalue weighted by atomic mass is 79.9. The summed E-state index contributed by atoms with van der Waals surface area (Å²) >= 11 is 3.58. The summed E-state index contributed by atoms with van der Waals surface area (Å²) in [6, 6.07) is 16.6. The largest absolute Gasteiger partial charge is 0.345 e. The SMILES string of the molecule is C[C@@H](N)c1ccc(N(C)c2ccccc2)cc1Br. The molecule has 0 amide bonds. The number of hydrogen-bond donors (Lipinski definition) is 1. The van der Waals surface area contributed by atoms with Crippen LogP contribution in [0.5, 0.6) is 0 Å². The number of rotatable bonds is 3. The lowest BCUT2D eigenvalue weighted by atomic mass is 10.1. The molecular formula is C15H17BrN2. The molecule has 0 aromatic heterocycles. The summed E-state index contributed by atoms with van der Waals surface area (Å²) in [5, 5.41) is 0. The molecule has 2 aromatic rings. The van der Waals surface area contributed by atoms with E-state index in [9.17, 15) is 0 Å². The van der Waals surface area contributed by atoms with Crippen molar-refractivity contribution in [2.45, 2.75) is 13.0 Å². The van der Waals surface area contributed by atoms with Gasteiger partial charge in [-0.3, -0.25) is 0 Å². The van der Waals surface area contributed by atoms with Gasteiger partial charge in [-0.1, -0.05) is 40.2 Å². The first-order chi connectivity index (χ1) is 8.59. The molecule has 0 aliphatic rings. The summed E-state index contributed by atoms with van der Waals surface area (Å²) < 4.78 is 1.05. The normalized spacial score (nSPS) is 12.2. The Labute approximate surface area is 117 Å². The third kappa shape index (κ3) is 2.74. The van der Waals surface area contributed by atoms with Crippen molar-refractivity contribution in [3.63, 3.8) is 0 Å². The van der Waals surface area contributed by atoms with E-state index in [4.69, 9.17) is 5.73 Å². The van der Waals surface area contributed by atoms with E-state index in [1.165, 1.54) is 0 Å².